The fourth-order valence-electron chi connectivity index (χ4n) is 1.71. The highest BCUT2D eigenvalue weighted by Crippen LogP contribution is 2.10. The minimum atomic E-state index is -0.349. The van der Waals surface area contributed by atoms with E-state index in [0.717, 1.165) is 5.56 Å². The predicted octanol–water partition coefficient (Wildman–Crippen LogP) is 3.54. The van der Waals surface area contributed by atoms with E-state index in [1.54, 1.807) is 12.1 Å². The lowest BCUT2D eigenvalue weighted by Gasteiger charge is -2.05. The highest BCUT2D eigenvalue weighted by Gasteiger charge is 2.04. The molecule has 0 aromatic heterocycles. The number of rotatable bonds is 4. The third-order valence-electron chi connectivity index (χ3n) is 2.66. The SMILES string of the molecule is O=C(CCc1cccc(F)c1)Nc1ccc(F)cc1. The number of nitrogens with one attached hydrogen (secondary N) is 1. The summed E-state index contributed by atoms with van der Waals surface area (Å²) >= 11 is 0. The smallest absolute Gasteiger partial charge is 0.224 e. The summed E-state index contributed by atoms with van der Waals surface area (Å²) in [5.41, 5.74) is 1.32. The molecular weight excluding hydrogens is 248 g/mol. The van der Waals surface area contributed by atoms with E-state index in [9.17, 15) is 13.6 Å². The van der Waals surface area contributed by atoms with Crippen LogP contribution in [0, 0.1) is 11.6 Å². The van der Waals surface area contributed by atoms with Crippen molar-refractivity contribution in [2.24, 2.45) is 0 Å². The van der Waals surface area contributed by atoms with E-state index in [1.165, 1.54) is 36.4 Å². The summed E-state index contributed by atoms with van der Waals surface area (Å²) in [6.07, 6.45) is 0.714. The fourth-order valence-corrected chi connectivity index (χ4v) is 1.71. The summed E-state index contributed by atoms with van der Waals surface area (Å²) in [6.45, 7) is 0. The molecule has 19 heavy (non-hydrogen) atoms. The summed E-state index contributed by atoms with van der Waals surface area (Å²) in [6, 6.07) is 11.7. The molecule has 0 radical (unpaired) electrons. The normalized spacial score (nSPS) is 10.2. The maximum absolute atomic E-state index is 12.9. The quantitative estimate of drug-likeness (QED) is 0.896. The van der Waals surface area contributed by atoms with E-state index in [1.807, 2.05) is 0 Å². The standard InChI is InChI=1S/C15H13F2NO/c16-12-5-7-14(8-6-12)18-15(19)9-4-11-2-1-3-13(17)10-11/h1-3,5-8,10H,4,9H2,(H,18,19). The second-order valence-electron chi connectivity index (χ2n) is 4.18. The van der Waals surface area contributed by atoms with Gasteiger partial charge in [-0.05, 0) is 48.4 Å². The van der Waals surface area contributed by atoms with Crippen LogP contribution in [0.2, 0.25) is 0 Å². The topological polar surface area (TPSA) is 29.1 Å². The first-order chi connectivity index (χ1) is 9.13. The lowest BCUT2D eigenvalue weighted by molar-refractivity contribution is -0.116. The number of benzene rings is 2. The second-order valence-corrected chi connectivity index (χ2v) is 4.18. The first-order valence-corrected chi connectivity index (χ1v) is 5.93. The molecule has 4 heteroatoms. The van der Waals surface area contributed by atoms with Crippen LogP contribution in [0.4, 0.5) is 14.5 Å². The average Bonchev–Trinajstić information content (AvgIpc) is 2.39. The number of carbonyl (C=O) groups excluding carboxylic acids is 1. The van der Waals surface area contributed by atoms with Crippen LogP contribution in [0.25, 0.3) is 0 Å². The number of anilines is 1. The van der Waals surface area contributed by atoms with Gasteiger partial charge in [-0.3, -0.25) is 4.79 Å². The van der Waals surface area contributed by atoms with E-state index >= 15 is 0 Å². The Hall–Kier alpha value is -2.23. The van der Waals surface area contributed by atoms with Crippen LogP contribution in [-0.4, -0.2) is 5.91 Å². The van der Waals surface area contributed by atoms with Crippen molar-refractivity contribution in [3.05, 3.63) is 65.7 Å². The van der Waals surface area contributed by atoms with Crippen molar-refractivity contribution >= 4 is 11.6 Å². The molecule has 0 aliphatic heterocycles. The van der Waals surface area contributed by atoms with E-state index < -0.39 is 0 Å². The molecule has 0 spiro atoms. The van der Waals surface area contributed by atoms with E-state index in [0.29, 0.717) is 12.1 Å². The maximum Gasteiger partial charge on any atom is 0.224 e. The summed E-state index contributed by atoms with van der Waals surface area (Å²) < 4.78 is 25.6. The zero-order chi connectivity index (χ0) is 13.7. The van der Waals surface area contributed by atoms with Crippen molar-refractivity contribution in [1.29, 1.82) is 0 Å². The van der Waals surface area contributed by atoms with Gasteiger partial charge in [0.05, 0.1) is 0 Å². The zero-order valence-electron chi connectivity index (χ0n) is 10.2. The minimum Gasteiger partial charge on any atom is -0.326 e. The van der Waals surface area contributed by atoms with Crippen LogP contribution in [-0.2, 0) is 11.2 Å². The summed E-state index contributed by atoms with van der Waals surface area (Å²) in [5, 5.41) is 2.65. The van der Waals surface area contributed by atoms with Crippen molar-refractivity contribution in [3.63, 3.8) is 0 Å². The summed E-state index contributed by atoms with van der Waals surface area (Å²) in [7, 11) is 0. The van der Waals surface area contributed by atoms with E-state index in [-0.39, 0.29) is 24.0 Å². The molecule has 2 rings (SSSR count). The van der Waals surface area contributed by atoms with Crippen molar-refractivity contribution < 1.29 is 13.6 Å². The van der Waals surface area contributed by atoms with Crippen LogP contribution in [0.5, 0.6) is 0 Å². The molecular formula is C15H13F2NO. The Labute approximate surface area is 110 Å². The Morgan fingerprint density at radius 1 is 1.00 bits per heavy atom. The fraction of sp³-hybridized carbons (Fsp3) is 0.133. The van der Waals surface area contributed by atoms with Gasteiger partial charge < -0.3 is 5.32 Å². The van der Waals surface area contributed by atoms with Gasteiger partial charge in [0.15, 0.2) is 0 Å². The van der Waals surface area contributed by atoms with Crippen LogP contribution in [0.3, 0.4) is 0 Å². The molecule has 0 fully saturated rings. The molecule has 0 saturated heterocycles. The molecule has 0 aliphatic carbocycles. The van der Waals surface area contributed by atoms with Crippen LogP contribution in [0.15, 0.2) is 48.5 Å². The lowest BCUT2D eigenvalue weighted by Crippen LogP contribution is -2.12. The highest BCUT2D eigenvalue weighted by molar-refractivity contribution is 5.90. The number of hydrogen-bond donors (Lipinski definition) is 1. The van der Waals surface area contributed by atoms with E-state index in [4.69, 9.17) is 0 Å². The third kappa shape index (κ3) is 4.17. The summed E-state index contributed by atoms with van der Waals surface area (Å²) in [4.78, 5) is 11.7. The Kier molecular flexibility index (Phi) is 4.23. The minimum absolute atomic E-state index is 0.184. The molecule has 0 atom stereocenters. The van der Waals surface area contributed by atoms with Gasteiger partial charge in [-0.25, -0.2) is 8.78 Å². The molecule has 0 aliphatic rings. The molecule has 0 unspecified atom stereocenters. The molecule has 1 amide bonds. The average molecular weight is 261 g/mol. The van der Waals surface area contributed by atoms with Gasteiger partial charge in [0, 0.05) is 12.1 Å². The van der Waals surface area contributed by atoms with Crippen LogP contribution >= 0.6 is 0 Å². The van der Waals surface area contributed by atoms with Crippen LogP contribution < -0.4 is 5.32 Å². The van der Waals surface area contributed by atoms with Gasteiger partial charge in [-0.2, -0.15) is 0 Å². The number of carbonyl (C=O) groups is 1. The van der Waals surface area contributed by atoms with Crippen molar-refractivity contribution in [3.8, 4) is 0 Å². The number of halogens is 2. The van der Waals surface area contributed by atoms with Crippen molar-refractivity contribution in [2.45, 2.75) is 12.8 Å². The molecule has 0 bridgehead atoms. The first kappa shape index (κ1) is 13.2. The Balaban J connectivity index is 1.86. The molecule has 2 aromatic carbocycles. The van der Waals surface area contributed by atoms with Gasteiger partial charge in [0.2, 0.25) is 5.91 Å². The molecule has 2 aromatic rings. The number of aryl methyl sites for hydroxylation is 1. The Morgan fingerprint density at radius 3 is 2.42 bits per heavy atom. The monoisotopic (exact) mass is 261 g/mol. The lowest BCUT2D eigenvalue weighted by atomic mass is 10.1. The Morgan fingerprint density at radius 2 is 1.74 bits per heavy atom. The summed E-state index contributed by atoms with van der Waals surface area (Å²) in [5.74, 6) is -0.843. The second kappa shape index (κ2) is 6.09. The van der Waals surface area contributed by atoms with Gasteiger partial charge in [-0.15, -0.1) is 0 Å². The van der Waals surface area contributed by atoms with Crippen LogP contribution in [0.1, 0.15) is 12.0 Å². The third-order valence-corrected chi connectivity index (χ3v) is 2.66. The molecule has 0 heterocycles. The predicted molar refractivity (Wildman–Crippen MR) is 69.8 cm³/mol. The number of amides is 1. The highest BCUT2D eigenvalue weighted by atomic mass is 19.1. The van der Waals surface area contributed by atoms with Gasteiger partial charge >= 0.3 is 0 Å². The Bertz CT molecular complexity index is 567. The largest absolute Gasteiger partial charge is 0.326 e. The van der Waals surface area contributed by atoms with Crippen molar-refractivity contribution in [1.82, 2.24) is 0 Å². The molecule has 98 valence electrons. The van der Waals surface area contributed by atoms with E-state index in [2.05, 4.69) is 5.32 Å². The van der Waals surface area contributed by atoms with Gasteiger partial charge in [-0.1, -0.05) is 12.1 Å². The zero-order valence-corrected chi connectivity index (χ0v) is 10.2. The molecule has 2 nitrogen and oxygen atoms in total. The first-order valence-electron chi connectivity index (χ1n) is 5.93. The maximum atomic E-state index is 12.9. The van der Waals surface area contributed by atoms with Gasteiger partial charge in [0.25, 0.3) is 0 Å². The number of hydrogen-bond acceptors (Lipinski definition) is 1. The van der Waals surface area contributed by atoms with Gasteiger partial charge in [0.1, 0.15) is 11.6 Å². The van der Waals surface area contributed by atoms with Crippen molar-refractivity contribution in [2.75, 3.05) is 5.32 Å². The molecule has 0 saturated carbocycles. The molecule has 1 N–H and O–H groups in total.